The molecular formula is C12H7F3N4O. The summed E-state index contributed by atoms with van der Waals surface area (Å²) in [6.07, 6.45) is -3.88. The first-order chi connectivity index (χ1) is 9.41. The quantitative estimate of drug-likeness (QED) is 0.886. The van der Waals surface area contributed by atoms with Crippen LogP contribution in [0.2, 0.25) is 0 Å². The summed E-state index contributed by atoms with van der Waals surface area (Å²) in [5, 5.41) is 15.9. The summed E-state index contributed by atoms with van der Waals surface area (Å²) in [6.45, 7) is 0. The van der Waals surface area contributed by atoms with Crippen molar-refractivity contribution < 1.29 is 18.0 Å². The number of rotatable bonds is 2. The number of amides is 1. The third-order valence-electron chi connectivity index (χ3n) is 2.44. The highest BCUT2D eigenvalue weighted by Gasteiger charge is 2.37. The molecule has 0 atom stereocenters. The largest absolute Gasteiger partial charge is 0.433 e. The van der Waals surface area contributed by atoms with Gasteiger partial charge in [-0.1, -0.05) is 0 Å². The number of benzene rings is 1. The van der Waals surface area contributed by atoms with Crippen LogP contribution in [0.1, 0.15) is 21.6 Å². The van der Waals surface area contributed by atoms with Crippen molar-refractivity contribution in [3.63, 3.8) is 0 Å². The van der Waals surface area contributed by atoms with Gasteiger partial charge in [-0.3, -0.25) is 9.89 Å². The predicted octanol–water partition coefficient (Wildman–Crippen LogP) is 2.55. The first-order valence-electron chi connectivity index (χ1n) is 5.34. The Labute approximate surface area is 111 Å². The van der Waals surface area contributed by atoms with Crippen LogP contribution in [0.4, 0.5) is 18.9 Å². The molecule has 1 amide bonds. The smallest absolute Gasteiger partial charge is 0.322 e. The highest BCUT2D eigenvalue weighted by molar-refractivity contribution is 6.05. The molecule has 0 bridgehead atoms. The number of nitrogens with zero attached hydrogens (tertiary/aromatic N) is 2. The molecule has 0 saturated carbocycles. The summed E-state index contributed by atoms with van der Waals surface area (Å²) < 4.78 is 37.8. The van der Waals surface area contributed by atoms with Gasteiger partial charge in [-0.2, -0.15) is 23.5 Å². The molecule has 2 rings (SSSR count). The summed E-state index contributed by atoms with van der Waals surface area (Å²) in [5.41, 5.74) is -1.14. The van der Waals surface area contributed by atoms with E-state index in [1.807, 2.05) is 6.07 Å². The van der Waals surface area contributed by atoms with Gasteiger partial charge in [-0.15, -0.1) is 0 Å². The van der Waals surface area contributed by atoms with Crippen molar-refractivity contribution >= 4 is 11.6 Å². The van der Waals surface area contributed by atoms with Gasteiger partial charge in [-0.05, 0) is 24.3 Å². The maximum absolute atomic E-state index is 12.6. The van der Waals surface area contributed by atoms with Crippen LogP contribution >= 0.6 is 0 Å². The Kier molecular flexibility index (Phi) is 3.43. The van der Waals surface area contributed by atoms with Crippen molar-refractivity contribution in [3.05, 3.63) is 47.3 Å². The Hall–Kier alpha value is -2.82. The third kappa shape index (κ3) is 2.77. The van der Waals surface area contributed by atoms with E-state index in [2.05, 4.69) is 10.4 Å². The van der Waals surface area contributed by atoms with Gasteiger partial charge < -0.3 is 5.32 Å². The number of hydrogen-bond acceptors (Lipinski definition) is 3. The van der Waals surface area contributed by atoms with E-state index in [9.17, 15) is 18.0 Å². The molecule has 0 saturated heterocycles. The number of nitriles is 1. The van der Waals surface area contributed by atoms with Gasteiger partial charge in [0.2, 0.25) is 0 Å². The molecule has 102 valence electrons. The lowest BCUT2D eigenvalue weighted by Crippen LogP contribution is -2.17. The van der Waals surface area contributed by atoms with Gasteiger partial charge in [0.05, 0.1) is 23.4 Å². The Bertz CT molecular complexity index is 667. The maximum Gasteiger partial charge on any atom is 0.433 e. The fraction of sp³-hybridized carbons (Fsp3) is 0.0833. The first kappa shape index (κ1) is 13.6. The number of aromatic nitrogens is 2. The molecule has 1 aromatic carbocycles. The van der Waals surface area contributed by atoms with Crippen LogP contribution in [0.5, 0.6) is 0 Å². The highest BCUT2D eigenvalue weighted by Crippen LogP contribution is 2.30. The van der Waals surface area contributed by atoms with Crippen molar-refractivity contribution in [2.24, 2.45) is 0 Å². The predicted molar refractivity (Wildman–Crippen MR) is 62.7 cm³/mol. The molecule has 0 unspecified atom stereocenters. The number of carbonyl (C=O) groups is 1. The number of halogens is 3. The van der Waals surface area contributed by atoms with E-state index in [1.165, 1.54) is 24.3 Å². The molecule has 0 aliphatic heterocycles. The lowest BCUT2D eigenvalue weighted by atomic mass is 10.2. The minimum atomic E-state index is -4.69. The molecule has 2 N–H and O–H groups in total. The second kappa shape index (κ2) is 5.05. The van der Waals surface area contributed by atoms with Gasteiger partial charge in [0.1, 0.15) is 0 Å². The van der Waals surface area contributed by atoms with E-state index >= 15 is 0 Å². The molecule has 2 aromatic rings. The van der Waals surface area contributed by atoms with Crippen molar-refractivity contribution in [3.8, 4) is 6.07 Å². The first-order valence-corrected chi connectivity index (χ1v) is 5.34. The van der Waals surface area contributed by atoms with Gasteiger partial charge in [0.15, 0.2) is 5.69 Å². The minimum Gasteiger partial charge on any atom is -0.322 e. The van der Waals surface area contributed by atoms with Crippen molar-refractivity contribution in [1.29, 1.82) is 5.26 Å². The standard InChI is InChI=1S/C12H7F3N4O/c13-12(14,15)10-9(6-17-19-10)11(20)18-8-3-1-7(5-16)2-4-8/h1-4,6H,(H,17,19)(H,18,20). The highest BCUT2D eigenvalue weighted by atomic mass is 19.4. The van der Waals surface area contributed by atoms with Gasteiger partial charge in [0.25, 0.3) is 5.91 Å². The summed E-state index contributed by atoms with van der Waals surface area (Å²) in [5.74, 6) is -0.934. The average molecular weight is 280 g/mol. The Balaban J connectivity index is 2.20. The third-order valence-corrected chi connectivity index (χ3v) is 2.44. The molecule has 1 heterocycles. The van der Waals surface area contributed by atoms with Crippen LogP contribution in [0.3, 0.4) is 0 Å². The summed E-state index contributed by atoms with van der Waals surface area (Å²) >= 11 is 0. The van der Waals surface area contributed by atoms with Crippen molar-refractivity contribution in [2.75, 3.05) is 5.32 Å². The minimum absolute atomic E-state index is 0.281. The second-order valence-corrected chi connectivity index (χ2v) is 3.80. The summed E-state index contributed by atoms with van der Waals surface area (Å²) in [7, 11) is 0. The van der Waals surface area contributed by atoms with Gasteiger partial charge in [0, 0.05) is 5.69 Å². The lowest BCUT2D eigenvalue weighted by molar-refractivity contribution is -0.141. The zero-order chi connectivity index (χ0) is 14.8. The molecule has 0 aliphatic rings. The number of aromatic amines is 1. The van der Waals surface area contributed by atoms with Crippen LogP contribution < -0.4 is 5.32 Å². The number of nitrogens with one attached hydrogen (secondary N) is 2. The van der Waals surface area contributed by atoms with E-state index < -0.39 is 23.3 Å². The average Bonchev–Trinajstić information content (AvgIpc) is 2.89. The monoisotopic (exact) mass is 280 g/mol. The van der Waals surface area contributed by atoms with Crippen LogP contribution in [0.15, 0.2) is 30.5 Å². The number of hydrogen-bond donors (Lipinski definition) is 2. The summed E-state index contributed by atoms with van der Waals surface area (Å²) in [4.78, 5) is 11.8. The zero-order valence-corrected chi connectivity index (χ0v) is 9.82. The fourth-order valence-corrected chi connectivity index (χ4v) is 1.50. The van der Waals surface area contributed by atoms with Crippen LogP contribution in [-0.2, 0) is 6.18 Å². The molecule has 20 heavy (non-hydrogen) atoms. The molecule has 0 aliphatic carbocycles. The second-order valence-electron chi connectivity index (χ2n) is 3.80. The number of alkyl halides is 3. The van der Waals surface area contributed by atoms with E-state index in [0.717, 1.165) is 6.20 Å². The van der Waals surface area contributed by atoms with Crippen molar-refractivity contribution in [2.45, 2.75) is 6.18 Å². The molecule has 0 fully saturated rings. The molecule has 0 radical (unpaired) electrons. The fourth-order valence-electron chi connectivity index (χ4n) is 1.50. The molecule has 5 nitrogen and oxygen atoms in total. The number of carbonyl (C=O) groups excluding carboxylic acids is 1. The Morgan fingerprint density at radius 3 is 2.50 bits per heavy atom. The van der Waals surface area contributed by atoms with E-state index in [1.54, 1.807) is 5.10 Å². The van der Waals surface area contributed by atoms with E-state index in [4.69, 9.17) is 5.26 Å². The van der Waals surface area contributed by atoms with Crippen molar-refractivity contribution in [1.82, 2.24) is 10.2 Å². The topological polar surface area (TPSA) is 81.6 Å². The molecule has 1 aromatic heterocycles. The molecule has 8 heteroatoms. The normalized spacial score (nSPS) is 10.9. The zero-order valence-electron chi connectivity index (χ0n) is 9.82. The van der Waals surface area contributed by atoms with Crippen LogP contribution in [0.25, 0.3) is 0 Å². The van der Waals surface area contributed by atoms with E-state index in [-0.39, 0.29) is 5.69 Å². The molecule has 0 spiro atoms. The number of H-pyrrole nitrogens is 1. The number of anilines is 1. The SMILES string of the molecule is N#Cc1ccc(NC(=O)c2cn[nH]c2C(F)(F)F)cc1. The van der Waals surface area contributed by atoms with E-state index in [0.29, 0.717) is 5.56 Å². The Morgan fingerprint density at radius 2 is 1.95 bits per heavy atom. The maximum atomic E-state index is 12.6. The summed E-state index contributed by atoms with van der Waals surface area (Å²) in [6, 6.07) is 7.61. The van der Waals surface area contributed by atoms with Gasteiger partial charge in [-0.25, -0.2) is 0 Å². The molecular weight excluding hydrogens is 273 g/mol. The van der Waals surface area contributed by atoms with Crippen LogP contribution in [-0.4, -0.2) is 16.1 Å². The Morgan fingerprint density at radius 1 is 1.30 bits per heavy atom. The van der Waals surface area contributed by atoms with Gasteiger partial charge >= 0.3 is 6.18 Å². The van der Waals surface area contributed by atoms with Crippen LogP contribution in [0, 0.1) is 11.3 Å². The lowest BCUT2D eigenvalue weighted by Gasteiger charge is -2.07.